The molecule has 0 aromatic carbocycles. The van der Waals surface area contributed by atoms with E-state index in [4.69, 9.17) is 23.3 Å². The van der Waals surface area contributed by atoms with Gasteiger partial charge < -0.3 is 24.2 Å². The molecule has 3 unspecified atom stereocenters. The summed E-state index contributed by atoms with van der Waals surface area (Å²) in [6.07, 6.45) is 64.0. The molecular formula is C62H107O11P. The van der Waals surface area contributed by atoms with Crippen LogP contribution in [0.15, 0.2) is 85.1 Å². The van der Waals surface area contributed by atoms with Crippen molar-refractivity contribution in [3.05, 3.63) is 85.1 Å². The van der Waals surface area contributed by atoms with Gasteiger partial charge in [-0.05, 0) is 109 Å². The normalized spacial score (nSPS) is 14.0. The van der Waals surface area contributed by atoms with Gasteiger partial charge in [-0.15, -0.1) is 0 Å². The highest BCUT2D eigenvalue weighted by atomic mass is 31.2. The molecule has 0 aromatic heterocycles. The van der Waals surface area contributed by atoms with Gasteiger partial charge >= 0.3 is 25.7 Å². The number of phosphoric ester groups is 1. The van der Waals surface area contributed by atoms with Gasteiger partial charge in [-0.25, -0.2) is 4.57 Å². The van der Waals surface area contributed by atoms with E-state index in [2.05, 4.69) is 99.8 Å². The molecule has 0 saturated heterocycles. The second-order valence-electron chi connectivity index (χ2n) is 19.4. The molecule has 426 valence electrons. The lowest BCUT2D eigenvalue weighted by Crippen LogP contribution is -2.30. The molecule has 2 N–H and O–H groups in total. The van der Waals surface area contributed by atoms with Crippen molar-refractivity contribution >= 4 is 25.7 Å². The Morgan fingerprint density at radius 2 is 0.716 bits per heavy atom. The van der Waals surface area contributed by atoms with Gasteiger partial charge in [0.05, 0.1) is 19.8 Å². The first kappa shape index (κ1) is 70.7. The molecule has 0 aliphatic rings. The Hall–Kier alpha value is -3.34. The summed E-state index contributed by atoms with van der Waals surface area (Å²) in [6.45, 7) is 4.45. The van der Waals surface area contributed by atoms with Crippen molar-refractivity contribution in [2.75, 3.05) is 26.4 Å². The van der Waals surface area contributed by atoms with Crippen molar-refractivity contribution < 1.29 is 52.2 Å². The third kappa shape index (κ3) is 53.5. The molecule has 0 spiro atoms. The van der Waals surface area contributed by atoms with E-state index in [0.29, 0.717) is 25.7 Å². The Balaban J connectivity index is 4.81. The summed E-state index contributed by atoms with van der Waals surface area (Å²) >= 11 is 0. The van der Waals surface area contributed by atoms with Crippen molar-refractivity contribution in [3.8, 4) is 0 Å². The Labute approximate surface area is 451 Å². The van der Waals surface area contributed by atoms with E-state index in [1.165, 1.54) is 77.0 Å². The fourth-order valence-electron chi connectivity index (χ4n) is 7.79. The van der Waals surface area contributed by atoms with E-state index < -0.39 is 57.8 Å². The van der Waals surface area contributed by atoms with Crippen molar-refractivity contribution in [2.45, 2.75) is 264 Å². The Morgan fingerprint density at radius 3 is 1.14 bits per heavy atom. The van der Waals surface area contributed by atoms with Crippen molar-refractivity contribution in [2.24, 2.45) is 0 Å². The summed E-state index contributed by atoms with van der Waals surface area (Å²) in [5.41, 5.74) is 0. The van der Waals surface area contributed by atoms with E-state index in [1.807, 2.05) is 6.08 Å². The minimum atomic E-state index is -4.77. The van der Waals surface area contributed by atoms with Crippen LogP contribution in [0.25, 0.3) is 0 Å². The molecule has 0 aliphatic carbocycles. The van der Waals surface area contributed by atoms with Crippen LogP contribution in [0.3, 0.4) is 0 Å². The van der Waals surface area contributed by atoms with E-state index in [0.717, 1.165) is 109 Å². The second-order valence-corrected chi connectivity index (χ2v) is 20.9. The third-order valence-corrected chi connectivity index (χ3v) is 13.2. The summed E-state index contributed by atoms with van der Waals surface area (Å²) in [5, 5.41) is 9.82. The molecular weight excluding hydrogens is 952 g/mol. The molecule has 0 fully saturated rings. The van der Waals surface area contributed by atoms with Crippen LogP contribution in [0.1, 0.15) is 252 Å². The summed E-state index contributed by atoms with van der Waals surface area (Å²) in [6, 6.07) is 0. The molecule has 0 aromatic rings. The maximum Gasteiger partial charge on any atom is 0.472 e. The zero-order valence-electron chi connectivity index (χ0n) is 47.0. The molecule has 3 atom stereocenters. The topological polar surface area (TPSA) is 155 Å². The number of esters is 3. The van der Waals surface area contributed by atoms with Crippen LogP contribution >= 0.6 is 7.82 Å². The van der Waals surface area contributed by atoms with Crippen molar-refractivity contribution in [1.82, 2.24) is 0 Å². The number of aliphatic hydroxyl groups is 1. The molecule has 0 rings (SSSR count). The molecule has 74 heavy (non-hydrogen) atoms. The number of ether oxygens (including phenoxy) is 3. The predicted octanol–water partition coefficient (Wildman–Crippen LogP) is 17.5. The van der Waals surface area contributed by atoms with Crippen LogP contribution in [-0.2, 0) is 42.2 Å². The second kappa shape index (κ2) is 55.9. The number of aliphatic hydroxyl groups excluding tert-OH is 1. The number of carbonyl (C=O) groups is 3. The van der Waals surface area contributed by atoms with Gasteiger partial charge in [-0.1, -0.05) is 209 Å². The maximum absolute atomic E-state index is 12.9. The van der Waals surface area contributed by atoms with Gasteiger partial charge in [0.25, 0.3) is 0 Å². The zero-order valence-corrected chi connectivity index (χ0v) is 47.9. The van der Waals surface area contributed by atoms with Gasteiger partial charge in [0.2, 0.25) is 0 Å². The van der Waals surface area contributed by atoms with Crippen LogP contribution in [-0.4, -0.2) is 66.5 Å². The lowest BCUT2D eigenvalue weighted by atomic mass is 10.1. The Bertz CT molecular complexity index is 1560. The SMILES string of the molecule is CC/C=C\C/C=C\C/C=C\C/C=C\C/C=C\CCCC(=O)OCC(COP(=O)(O)OCC(CO)OC(=O)CCCCCCC/C=C\CCCCCCCC)OC(=O)CCCCCCC/C=C\CCCCCCCC. The van der Waals surface area contributed by atoms with Gasteiger partial charge in [0.1, 0.15) is 12.7 Å². The molecule has 0 heterocycles. The minimum absolute atomic E-state index is 0.143. The minimum Gasteiger partial charge on any atom is -0.462 e. The average molecular weight is 1060 g/mol. The number of allylic oxidation sites excluding steroid dienone is 14. The van der Waals surface area contributed by atoms with E-state index >= 15 is 0 Å². The first-order valence-electron chi connectivity index (χ1n) is 29.5. The molecule has 0 aliphatic heterocycles. The lowest BCUT2D eigenvalue weighted by molar-refractivity contribution is -0.161. The van der Waals surface area contributed by atoms with Gasteiger partial charge in [-0.3, -0.25) is 23.4 Å². The number of rotatable bonds is 54. The highest BCUT2D eigenvalue weighted by molar-refractivity contribution is 7.47. The number of unbranched alkanes of at least 4 members (excludes halogenated alkanes) is 23. The predicted molar refractivity (Wildman–Crippen MR) is 307 cm³/mol. The van der Waals surface area contributed by atoms with Crippen molar-refractivity contribution in [1.29, 1.82) is 0 Å². The zero-order chi connectivity index (χ0) is 54.1. The largest absolute Gasteiger partial charge is 0.472 e. The number of hydrogen-bond donors (Lipinski definition) is 2. The quantitative estimate of drug-likeness (QED) is 0.0197. The smallest absolute Gasteiger partial charge is 0.462 e. The number of hydrogen-bond acceptors (Lipinski definition) is 10. The fourth-order valence-corrected chi connectivity index (χ4v) is 8.58. The summed E-state index contributed by atoms with van der Waals surface area (Å²) < 4.78 is 39.5. The fraction of sp³-hybridized carbons (Fsp3) is 0.726. The maximum atomic E-state index is 12.9. The number of phosphoric acid groups is 1. The summed E-state index contributed by atoms with van der Waals surface area (Å²) in [7, 11) is -4.77. The first-order valence-corrected chi connectivity index (χ1v) is 31.0. The van der Waals surface area contributed by atoms with Crippen LogP contribution in [0.2, 0.25) is 0 Å². The highest BCUT2D eigenvalue weighted by Crippen LogP contribution is 2.43. The average Bonchev–Trinajstić information content (AvgIpc) is 3.39. The molecule has 0 bridgehead atoms. The number of carbonyl (C=O) groups excluding carboxylic acids is 3. The molecule has 0 radical (unpaired) electrons. The van der Waals surface area contributed by atoms with E-state index in [9.17, 15) is 28.9 Å². The van der Waals surface area contributed by atoms with E-state index in [1.54, 1.807) is 0 Å². The third-order valence-electron chi connectivity index (χ3n) is 12.3. The Kier molecular flexibility index (Phi) is 53.4. The van der Waals surface area contributed by atoms with Crippen LogP contribution in [0, 0.1) is 0 Å². The van der Waals surface area contributed by atoms with Crippen molar-refractivity contribution in [3.63, 3.8) is 0 Å². The van der Waals surface area contributed by atoms with Crippen LogP contribution in [0.5, 0.6) is 0 Å². The molecule has 0 saturated carbocycles. The monoisotopic (exact) mass is 1060 g/mol. The van der Waals surface area contributed by atoms with Crippen LogP contribution < -0.4 is 0 Å². The molecule has 11 nitrogen and oxygen atoms in total. The van der Waals surface area contributed by atoms with E-state index in [-0.39, 0.29) is 25.9 Å². The standard InChI is InChI=1S/C62H107O11P/c1-4-7-10-13-16-19-22-25-28-29-32-33-36-39-42-45-48-51-60(64)69-55-59(73-62(66)53-50-47-44-41-38-35-31-27-24-21-18-15-12-9-6-3)57-71-74(67,68)70-56-58(54-63)72-61(65)52-49-46-43-40-37-34-30-26-23-20-17-14-11-8-5-2/h7,10,16,19,25-28,30-33,39,42,58-59,63H,4-6,8-9,11-15,17-18,20-24,29,34-38,40-41,43-57H2,1-3H3,(H,67,68)/b10-7-,19-16-,28-25-,30-26-,31-27-,33-32-,42-39-. The summed E-state index contributed by atoms with van der Waals surface area (Å²) in [5.74, 6) is -1.55. The first-order chi connectivity index (χ1) is 36.2. The Morgan fingerprint density at radius 1 is 0.392 bits per heavy atom. The van der Waals surface area contributed by atoms with Gasteiger partial charge in [-0.2, -0.15) is 0 Å². The molecule has 12 heteroatoms. The molecule has 0 amide bonds. The highest BCUT2D eigenvalue weighted by Gasteiger charge is 2.28. The van der Waals surface area contributed by atoms with Gasteiger partial charge in [0, 0.05) is 19.3 Å². The summed E-state index contributed by atoms with van der Waals surface area (Å²) in [4.78, 5) is 48.5. The van der Waals surface area contributed by atoms with Crippen LogP contribution in [0.4, 0.5) is 0 Å². The lowest BCUT2D eigenvalue weighted by Gasteiger charge is -2.21. The van der Waals surface area contributed by atoms with Gasteiger partial charge in [0.15, 0.2) is 6.10 Å².